The van der Waals surface area contributed by atoms with Gasteiger partial charge in [-0.2, -0.15) is 4.31 Å². The van der Waals surface area contributed by atoms with E-state index in [1.54, 1.807) is 19.1 Å². The molecule has 1 N–H and O–H groups in total. The van der Waals surface area contributed by atoms with Crippen molar-refractivity contribution in [3.8, 4) is 0 Å². The van der Waals surface area contributed by atoms with Crippen molar-refractivity contribution in [1.82, 2.24) is 9.62 Å². The highest BCUT2D eigenvalue weighted by Crippen LogP contribution is 2.24. The number of halogens is 1. The Balaban J connectivity index is 2.45. The minimum absolute atomic E-state index is 0.0522. The summed E-state index contributed by atoms with van der Waals surface area (Å²) in [4.78, 5) is -0.228. The maximum absolute atomic E-state index is 14.1. The lowest BCUT2D eigenvalue weighted by atomic mass is 10.1. The molecule has 0 spiro atoms. The van der Waals surface area contributed by atoms with Gasteiger partial charge in [-0.05, 0) is 32.4 Å². The third-order valence-electron chi connectivity index (χ3n) is 3.72. The van der Waals surface area contributed by atoms with Crippen molar-refractivity contribution in [2.45, 2.75) is 37.8 Å². The van der Waals surface area contributed by atoms with E-state index in [4.69, 9.17) is 0 Å². The molecule has 0 saturated carbocycles. The Bertz CT molecular complexity index is 574. The fraction of sp³-hybridized carbons (Fsp3) is 0.538. The maximum Gasteiger partial charge on any atom is 0.246 e. The van der Waals surface area contributed by atoms with Crippen LogP contribution in [0.2, 0.25) is 0 Å². The fourth-order valence-electron chi connectivity index (χ4n) is 2.31. The van der Waals surface area contributed by atoms with Crippen LogP contribution < -0.4 is 5.32 Å². The Hall–Kier alpha value is -0.980. The van der Waals surface area contributed by atoms with Crippen LogP contribution in [0.3, 0.4) is 0 Å². The maximum atomic E-state index is 14.1. The third-order valence-corrected chi connectivity index (χ3v) is 5.72. The molecule has 0 radical (unpaired) electrons. The van der Waals surface area contributed by atoms with Crippen LogP contribution in [0.25, 0.3) is 0 Å². The molecule has 106 valence electrons. The van der Waals surface area contributed by atoms with Crippen molar-refractivity contribution < 1.29 is 12.8 Å². The molecule has 2 atom stereocenters. The second kappa shape index (κ2) is 5.19. The number of nitrogens with zero attached hydrogens (tertiary/aromatic N) is 1. The molecular formula is C13H19FN2O2S. The number of rotatable bonds is 2. The van der Waals surface area contributed by atoms with Crippen molar-refractivity contribution in [3.63, 3.8) is 0 Å². The molecule has 1 fully saturated rings. The van der Waals surface area contributed by atoms with Gasteiger partial charge in [0.2, 0.25) is 10.0 Å². The van der Waals surface area contributed by atoms with E-state index in [1.165, 1.54) is 10.4 Å². The number of hydrogen-bond acceptors (Lipinski definition) is 3. The topological polar surface area (TPSA) is 49.4 Å². The van der Waals surface area contributed by atoms with Crippen LogP contribution in [0.4, 0.5) is 4.39 Å². The first kappa shape index (κ1) is 14.4. The highest BCUT2D eigenvalue weighted by Gasteiger charge is 2.35. The lowest BCUT2D eigenvalue weighted by molar-refractivity contribution is 0.232. The highest BCUT2D eigenvalue weighted by molar-refractivity contribution is 7.89. The van der Waals surface area contributed by atoms with Gasteiger partial charge in [0, 0.05) is 25.2 Å². The lowest BCUT2D eigenvalue weighted by Crippen LogP contribution is -2.57. The number of benzene rings is 1. The molecule has 0 amide bonds. The first-order valence-corrected chi connectivity index (χ1v) is 7.80. The summed E-state index contributed by atoms with van der Waals surface area (Å²) in [5, 5.41) is 3.21. The third kappa shape index (κ3) is 2.52. The van der Waals surface area contributed by atoms with Gasteiger partial charge in [0.05, 0.1) is 0 Å². The number of aryl methyl sites for hydroxylation is 1. The van der Waals surface area contributed by atoms with Crippen LogP contribution >= 0.6 is 0 Å². The van der Waals surface area contributed by atoms with Gasteiger partial charge in [-0.3, -0.25) is 0 Å². The van der Waals surface area contributed by atoms with Crippen LogP contribution in [0, 0.1) is 12.7 Å². The summed E-state index contributed by atoms with van der Waals surface area (Å²) < 4.78 is 40.6. The van der Waals surface area contributed by atoms with Crippen molar-refractivity contribution >= 4 is 10.0 Å². The molecule has 1 aliphatic rings. The molecular weight excluding hydrogens is 267 g/mol. The number of sulfonamides is 1. The quantitative estimate of drug-likeness (QED) is 0.896. The van der Waals surface area contributed by atoms with Crippen LogP contribution in [-0.4, -0.2) is 37.9 Å². The number of piperazine rings is 1. The lowest BCUT2D eigenvalue weighted by Gasteiger charge is -2.37. The summed E-state index contributed by atoms with van der Waals surface area (Å²) in [5.41, 5.74) is 0.344. The van der Waals surface area contributed by atoms with Gasteiger partial charge >= 0.3 is 0 Å². The molecule has 4 nitrogen and oxygen atoms in total. The molecule has 1 aliphatic heterocycles. The Morgan fingerprint density at radius 1 is 1.37 bits per heavy atom. The molecule has 1 heterocycles. The van der Waals surface area contributed by atoms with E-state index in [9.17, 15) is 12.8 Å². The fourth-order valence-corrected chi connectivity index (χ4v) is 4.15. The standard InChI is InChI=1S/C13H19FN2O2S/c1-9-5-4-6-12(13(9)14)19(17,18)16-8-7-15-10(2)11(16)3/h4-6,10-11,15H,7-8H2,1-3H3. The van der Waals surface area contributed by atoms with Gasteiger partial charge in [-0.1, -0.05) is 12.1 Å². The second-order valence-electron chi connectivity index (χ2n) is 4.99. The summed E-state index contributed by atoms with van der Waals surface area (Å²) in [7, 11) is -3.78. The predicted molar refractivity (Wildman–Crippen MR) is 72.0 cm³/mol. The predicted octanol–water partition coefficient (Wildman–Crippen LogP) is 1.51. The second-order valence-corrected chi connectivity index (χ2v) is 6.85. The summed E-state index contributed by atoms with van der Waals surface area (Å²) >= 11 is 0. The van der Waals surface area contributed by atoms with E-state index >= 15 is 0 Å². The Labute approximate surface area is 113 Å². The van der Waals surface area contributed by atoms with Gasteiger partial charge in [0.1, 0.15) is 10.7 Å². The average Bonchev–Trinajstić information content (AvgIpc) is 2.35. The average molecular weight is 286 g/mol. The molecule has 2 unspecified atom stereocenters. The molecule has 0 aliphatic carbocycles. The van der Waals surface area contributed by atoms with Crippen LogP contribution in [0.15, 0.2) is 23.1 Å². The van der Waals surface area contributed by atoms with Gasteiger partial charge in [-0.15, -0.1) is 0 Å². The molecule has 19 heavy (non-hydrogen) atoms. The Morgan fingerprint density at radius 2 is 2.05 bits per heavy atom. The minimum Gasteiger partial charge on any atom is -0.311 e. The smallest absolute Gasteiger partial charge is 0.246 e. The molecule has 1 aromatic carbocycles. The Morgan fingerprint density at radius 3 is 2.74 bits per heavy atom. The first-order valence-electron chi connectivity index (χ1n) is 6.36. The molecule has 6 heteroatoms. The molecule has 0 bridgehead atoms. The van der Waals surface area contributed by atoms with Gasteiger partial charge < -0.3 is 5.32 Å². The van der Waals surface area contributed by atoms with Crippen molar-refractivity contribution in [3.05, 3.63) is 29.6 Å². The number of nitrogens with one attached hydrogen (secondary N) is 1. The van der Waals surface area contributed by atoms with Gasteiger partial charge in [0.15, 0.2) is 0 Å². The van der Waals surface area contributed by atoms with E-state index in [-0.39, 0.29) is 17.0 Å². The minimum atomic E-state index is -3.78. The van der Waals surface area contributed by atoms with E-state index in [2.05, 4.69) is 5.32 Å². The zero-order chi connectivity index (χ0) is 14.2. The monoisotopic (exact) mass is 286 g/mol. The van der Waals surface area contributed by atoms with E-state index < -0.39 is 15.8 Å². The molecule has 1 saturated heterocycles. The van der Waals surface area contributed by atoms with Crippen LogP contribution in [0.1, 0.15) is 19.4 Å². The van der Waals surface area contributed by atoms with Crippen LogP contribution in [0.5, 0.6) is 0 Å². The number of hydrogen-bond donors (Lipinski definition) is 1. The highest BCUT2D eigenvalue weighted by atomic mass is 32.2. The zero-order valence-corrected chi connectivity index (χ0v) is 12.2. The van der Waals surface area contributed by atoms with Crippen molar-refractivity contribution in [1.29, 1.82) is 0 Å². The van der Waals surface area contributed by atoms with Crippen molar-refractivity contribution in [2.75, 3.05) is 13.1 Å². The van der Waals surface area contributed by atoms with Crippen molar-refractivity contribution in [2.24, 2.45) is 0 Å². The SMILES string of the molecule is Cc1cccc(S(=O)(=O)N2CCNC(C)C2C)c1F. The van der Waals surface area contributed by atoms with E-state index in [0.717, 1.165) is 0 Å². The van der Waals surface area contributed by atoms with E-state index in [0.29, 0.717) is 18.7 Å². The summed E-state index contributed by atoms with van der Waals surface area (Å²) in [5.74, 6) is -0.652. The first-order chi connectivity index (χ1) is 8.85. The summed E-state index contributed by atoms with van der Waals surface area (Å²) in [6.45, 7) is 6.28. The van der Waals surface area contributed by atoms with Gasteiger partial charge in [-0.25, -0.2) is 12.8 Å². The normalized spacial score (nSPS) is 25.5. The van der Waals surface area contributed by atoms with E-state index in [1.807, 2.05) is 13.8 Å². The van der Waals surface area contributed by atoms with Crippen LogP contribution in [-0.2, 0) is 10.0 Å². The molecule has 0 aromatic heterocycles. The summed E-state index contributed by atoms with van der Waals surface area (Å²) in [6, 6.07) is 4.33. The zero-order valence-electron chi connectivity index (χ0n) is 11.4. The summed E-state index contributed by atoms with van der Waals surface area (Å²) in [6.07, 6.45) is 0. The molecule has 2 rings (SSSR count). The largest absolute Gasteiger partial charge is 0.311 e. The molecule has 1 aromatic rings. The van der Waals surface area contributed by atoms with Gasteiger partial charge in [0.25, 0.3) is 0 Å². The Kier molecular flexibility index (Phi) is 3.94.